The zero-order chi connectivity index (χ0) is 15.3. The van der Waals surface area contributed by atoms with Crippen molar-refractivity contribution in [1.29, 1.82) is 0 Å². The largest absolute Gasteiger partial charge is 0.280 e. The van der Waals surface area contributed by atoms with Gasteiger partial charge in [-0.1, -0.05) is 41.4 Å². The van der Waals surface area contributed by atoms with E-state index in [4.69, 9.17) is 0 Å². The first-order valence-corrected chi connectivity index (χ1v) is 9.20. The van der Waals surface area contributed by atoms with Crippen molar-refractivity contribution >= 4 is 31.6 Å². The molecule has 1 heterocycles. The Kier molecular flexibility index (Phi) is 5.41. The number of hydrogen-bond acceptors (Lipinski definition) is 3. The summed E-state index contributed by atoms with van der Waals surface area (Å²) in [7, 11) is -3.27. The quantitative estimate of drug-likeness (QED) is 0.812. The van der Waals surface area contributed by atoms with E-state index in [-0.39, 0.29) is 5.75 Å². The van der Waals surface area contributed by atoms with E-state index in [0.717, 1.165) is 16.5 Å². The molecule has 7 heteroatoms. The molecule has 0 aliphatic rings. The summed E-state index contributed by atoms with van der Waals surface area (Å²) in [6.07, 6.45) is 4.74. The molecule has 1 aromatic heterocycles. The second-order valence-corrected chi connectivity index (χ2v) is 7.59. The normalized spacial score (nSPS) is 11.5. The van der Waals surface area contributed by atoms with Crippen molar-refractivity contribution in [3.8, 4) is 0 Å². The monoisotopic (exact) mass is 371 g/mol. The standard InChI is InChI=1S/C14H18BrN3O2S/c1-2-3-8-21(19,20)17-14-9-16-18(11-14)10-12-4-6-13(15)7-5-12/h4-7,9,11,17H,2-3,8,10H2,1H3. The fourth-order valence-corrected chi connectivity index (χ4v) is 3.34. The van der Waals surface area contributed by atoms with Crippen LogP contribution in [0.1, 0.15) is 25.3 Å². The number of nitrogens with zero attached hydrogens (tertiary/aromatic N) is 2. The molecule has 5 nitrogen and oxygen atoms in total. The first kappa shape index (κ1) is 16.0. The summed E-state index contributed by atoms with van der Waals surface area (Å²) in [6, 6.07) is 7.92. The highest BCUT2D eigenvalue weighted by Gasteiger charge is 2.10. The molecular formula is C14H18BrN3O2S. The lowest BCUT2D eigenvalue weighted by Gasteiger charge is -2.04. The van der Waals surface area contributed by atoms with Crippen molar-refractivity contribution in [3.05, 3.63) is 46.7 Å². The molecule has 0 saturated carbocycles. The molecule has 21 heavy (non-hydrogen) atoms. The van der Waals surface area contributed by atoms with Gasteiger partial charge in [0.2, 0.25) is 10.0 Å². The summed E-state index contributed by atoms with van der Waals surface area (Å²) < 4.78 is 28.9. The molecule has 114 valence electrons. The molecule has 1 aromatic carbocycles. The molecule has 0 bridgehead atoms. The van der Waals surface area contributed by atoms with Crippen LogP contribution in [-0.4, -0.2) is 24.0 Å². The number of benzene rings is 1. The topological polar surface area (TPSA) is 64.0 Å². The Morgan fingerprint density at radius 1 is 1.29 bits per heavy atom. The van der Waals surface area contributed by atoms with E-state index in [0.29, 0.717) is 18.7 Å². The second kappa shape index (κ2) is 7.09. The molecular weight excluding hydrogens is 354 g/mol. The smallest absolute Gasteiger partial charge is 0.232 e. The number of halogens is 1. The maximum atomic E-state index is 11.8. The van der Waals surface area contributed by atoms with Crippen LogP contribution < -0.4 is 4.72 Å². The van der Waals surface area contributed by atoms with Gasteiger partial charge in [-0.2, -0.15) is 5.10 Å². The number of rotatable bonds is 7. The van der Waals surface area contributed by atoms with Gasteiger partial charge in [0.05, 0.1) is 24.2 Å². The van der Waals surface area contributed by atoms with Crippen LogP contribution in [0, 0.1) is 0 Å². The average Bonchev–Trinajstić information content (AvgIpc) is 2.85. The highest BCUT2D eigenvalue weighted by Crippen LogP contribution is 2.13. The Hall–Kier alpha value is -1.34. The number of hydrogen-bond donors (Lipinski definition) is 1. The van der Waals surface area contributed by atoms with Crippen molar-refractivity contribution in [3.63, 3.8) is 0 Å². The lowest BCUT2D eigenvalue weighted by atomic mass is 10.2. The Morgan fingerprint density at radius 3 is 2.67 bits per heavy atom. The third-order valence-electron chi connectivity index (χ3n) is 2.93. The van der Waals surface area contributed by atoms with Gasteiger partial charge in [0, 0.05) is 10.7 Å². The zero-order valence-corrected chi connectivity index (χ0v) is 14.2. The van der Waals surface area contributed by atoms with Crippen LogP contribution in [0.4, 0.5) is 5.69 Å². The van der Waals surface area contributed by atoms with Gasteiger partial charge < -0.3 is 0 Å². The number of aromatic nitrogens is 2. The molecule has 0 aliphatic heterocycles. The minimum Gasteiger partial charge on any atom is -0.280 e. The summed E-state index contributed by atoms with van der Waals surface area (Å²) >= 11 is 3.39. The fourth-order valence-electron chi connectivity index (χ4n) is 1.84. The highest BCUT2D eigenvalue weighted by molar-refractivity contribution is 9.10. The van der Waals surface area contributed by atoms with Crippen LogP contribution in [0.25, 0.3) is 0 Å². The molecule has 0 amide bonds. The van der Waals surface area contributed by atoms with Crippen molar-refractivity contribution in [2.24, 2.45) is 0 Å². The number of unbranched alkanes of at least 4 members (excludes halogenated alkanes) is 1. The minimum atomic E-state index is -3.27. The molecule has 0 spiro atoms. The van der Waals surface area contributed by atoms with E-state index in [1.54, 1.807) is 10.9 Å². The summed E-state index contributed by atoms with van der Waals surface area (Å²) in [5.74, 6) is 0.140. The number of sulfonamides is 1. The van der Waals surface area contributed by atoms with Gasteiger partial charge >= 0.3 is 0 Å². The zero-order valence-electron chi connectivity index (χ0n) is 11.8. The summed E-state index contributed by atoms with van der Waals surface area (Å²) in [4.78, 5) is 0. The van der Waals surface area contributed by atoms with Crippen LogP contribution in [0.2, 0.25) is 0 Å². The molecule has 0 aliphatic carbocycles. The lowest BCUT2D eigenvalue weighted by Crippen LogP contribution is -2.16. The molecule has 0 unspecified atom stereocenters. The molecule has 0 radical (unpaired) electrons. The molecule has 1 N–H and O–H groups in total. The lowest BCUT2D eigenvalue weighted by molar-refractivity contribution is 0.598. The third kappa shape index (κ3) is 5.17. The summed E-state index contributed by atoms with van der Waals surface area (Å²) in [5.41, 5.74) is 1.60. The minimum absolute atomic E-state index is 0.140. The maximum Gasteiger partial charge on any atom is 0.232 e. The Labute approximate surface area is 133 Å². The van der Waals surface area contributed by atoms with E-state index >= 15 is 0 Å². The van der Waals surface area contributed by atoms with Gasteiger partial charge in [-0.25, -0.2) is 8.42 Å². The number of nitrogens with one attached hydrogen (secondary N) is 1. The van der Waals surface area contributed by atoms with Crippen LogP contribution >= 0.6 is 15.9 Å². The van der Waals surface area contributed by atoms with E-state index in [2.05, 4.69) is 25.8 Å². The summed E-state index contributed by atoms with van der Waals surface area (Å²) in [6.45, 7) is 2.57. The van der Waals surface area contributed by atoms with E-state index < -0.39 is 10.0 Å². The van der Waals surface area contributed by atoms with Crippen LogP contribution in [-0.2, 0) is 16.6 Å². The molecule has 2 rings (SSSR count). The van der Waals surface area contributed by atoms with Gasteiger partial charge in [0.15, 0.2) is 0 Å². The predicted octanol–water partition coefficient (Wildman–Crippen LogP) is 3.24. The molecule has 0 atom stereocenters. The molecule has 2 aromatic rings. The third-order valence-corrected chi connectivity index (χ3v) is 4.83. The first-order valence-electron chi connectivity index (χ1n) is 6.76. The predicted molar refractivity (Wildman–Crippen MR) is 87.8 cm³/mol. The Bertz CT molecular complexity index is 680. The van der Waals surface area contributed by atoms with Crippen molar-refractivity contribution in [2.75, 3.05) is 10.5 Å². The van der Waals surface area contributed by atoms with Gasteiger partial charge in [-0.15, -0.1) is 0 Å². The average molecular weight is 372 g/mol. The van der Waals surface area contributed by atoms with Crippen LogP contribution in [0.15, 0.2) is 41.1 Å². The van der Waals surface area contributed by atoms with Crippen molar-refractivity contribution < 1.29 is 8.42 Å². The van der Waals surface area contributed by atoms with Crippen LogP contribution in [0.3, 0.4) is 0 Å². The van der Waals surface area contributed by atoms with E-state index in [1.807, 2.05) is 31.2 Å². The van der Waals surface area contributed by atoms with Gasteiger partial charge in [-0.05, 0) is 24.1 Å². The Morgan fingerprint density at radius 2 is 2.00 bits per heavy atom. The maximum absolute atomic E-state index is 11.8. The van der Waals surface area contributed by atoms with Crippen molar-refractivity contribution in [1.82, 2.24) is 9.78 Å². The van der Waals surface area contributed by atoms with Crippen molar-refractivity contribution in [2.45, 2.75) is 26.3 Å². The Balaban J connectivity index is 1.99. The first-order chi connectivity index (χ1) is 9.98. The SMILES string of the molecule is CCCCS(=O)(=O)Nc1cnn(Cc2ccc(Br)cc2)c1. The van der Waals surface area contributed by atoms with Gasteiger partial charge in [-0.3, -0.25) is 9.40 Å². The van der Waals surface area contributed by atoms with E-state index in [9.17, 15) is 8.42 Å². The van der Waals surface area contributed by atoms with E-state index in [1.165, 1.54) is 6.20 Å². The van der Waals surface area contributed by atoms with Gasteiger partial charge in [0.1, 0.15) is 0 Å². The van der Waals surface area contributed by atoms with Crippen LogP contribution in [0.5, 0.6) is 0 Å². The molecule has 0 fully saturated rings. The summed E-state index contributed by atoms with van der Waals surface area (Å²) in [5, 5.41) is 4.18. The van der Waals surface area contributed by atoms with Gasteiger partial charge in [0.25, 0.3) is 0 Å². The fraction of sp³-hybridized carbons (Fsp3) is 0.357. The highest BCUT2D eigenvalue weighted by atomic mass is 79.9. The second-order valence-electron chi connectivity index (χ2n) is 4.83. The number of anilines is 1. The molecule has 0 saturated heterocycles.